The Hall–Kier alpha value is -8.15. The fourth-order valence-corrected chi connectivity index (χ4v) is 9.10. The molecule has 62 heavy (non-hydrogen) atoms. The summed E-state index contributed by atoms with van der Waals surface area (Å²) in [5.41, 5.74) is 14.6. The molecule has 0 bridgehead atoms. The second kappa shape index (κ2) is 14.8. The van der Waals surface area contributed by atoms with Gasteiger partial charge in [-0.3, -0.25) is 0 Å². The molecule has 5 heteroatoms. The van der Waals surface area contributed by atoms with Gasteiger partial charge in [0.1, 0.15) is 11.2 Å². The van der Waals surface area contributed by atoms with E-state index in [1.165, 1.54) is 16.5 Å². The van der Waals surface area contributed by atoms with Gasteiger partial charge in [-0.05, 0) is 71.5 Å². The standard InChI is InChI=1S/C57H38N4O/c1-5-17-37(18-6-1)38-29-31-42(32-30-38)56-58-55(41-23-11-4-12-24-41)59-57(60-56)43-33-46(39-19-7-2-8-20-39)54(47(34-43)40-21-9-3-10-22-40)61-50-27-15-13-25-44(50)48-36-53-49(35-51(48)61)45-26-14-16-28-52(45)62-53/h1-2,4-9,11-36H,3,10H2. The van der Waals surface area contributed by atoms with E-state index in [-0.39, 0.29) is 0 Å². The van der Waals surface area contributed by atoms with Gasteiger partial charge >= 0.3 is 0 Å². The van der Waals surface area contributed by atoms with Crippen LogP contribution in [0.25, 0.3) is 111 Å². The molecule has 0 fully saturated rings. The topological polar surface area (TPSA) is 56.7 Å². The van der Waals surface area contributed by atoms with Gasteiger partial charge in [-0.2, -0.15) is 0 Å². The highest BCUT2D eigenvalue weighted by Gasteiger charge is 2.24. The third kappa shape index (κ3) is 6.13. The smallest absolute Gasteiger partial charge is 0.164 e. The van der Waals surface area contributed by atoms with Crippen molar-refractivity contribution >= 4 is 49.3 Å². The van der Waals surface area contributed by atoms with Crippen molar-refractivity contribution in [3.8, 4) is 62.1 Å². The highest BCUT2D eigenvalue weighted by Crippen LogP contribution is 2.45. The molecule has 0 amide bonds. The number of rotatable bonds is 7. The number of nitrogens with zero attached hydrogens (tertiary/aromatic N) is 4. The molecule has 3 heterocycles. The van der Waals surface area contributed by atoms with Crippen LogP contribution in [0, 0.1) is 0 Å². The van der Waals surface area contributed by atoms with E-state index in [9.17, 15) is 0 Å². The van der Waals surface area contributed by atoms with Crippen molar-refractivity contribution in [3.63, 3.8) is 0 Å². The molecule has 5 nitrogen and oxygen atoms in total. The maximum Gasteiger partial charge on any atom is 0.164 e. The molecule has 0 saturated heterocycles. The van der Waals surface area contributed by atoms with Crippen LogP contribution in [0.4, 0.5) is 0 Å². The normalized spacial score (nSPS) is 12.7. The molecule has 0 spiro atoms. The Balaban J connectivity index is 1.15. The minimum Gasteiger partial charge on any atom is -0.456 e. The lowest BCUT2D eigenvalue weighted by Gasteiger charge is -2.22. The quantitative estimate of drug-likeness (QED) is 0.161. The first kappa shape index (κ1) is 35.8. The van der Waals surface area contributed by atoms with Gasteiger partial charge in [0.2, 0.25) is 0 Å². The molecule has 0 atom stereocenters. The highest BCUT2D eigenvalue weighted by molar-refractivity contribution is 6.17. The lowest BCUT2D eigenvalue weighted by Crippen LogP contribution is -2.05. The molecule has 0 N–H and O–H groups in total. The summed E-state index contributed by atoms with van der Waals surface area (Å²) in [4.78, 5) is 15.7. The Bertz CT molecular complexity index is 3550. The minimum absolute atomic E-state index is 0.611. The number of para-hydroxylation sites is 2. The fraction of sp³-hybridized carbons (Fsp3) is 0.0351. The number of fused-ring (bicyclic) bond motifs is 6. The predicted molar refractivity (Wildman–Crippen MR) is 255 cm³/mol. The maximum absolute atomic E-state index is 6.46. The molecule has 292 valence electrons. The summed E-state index contributed by atoms with van der Waals surface area (Å²) >= 11 is 0. The minimum atomic E-state index is 0.611. The van der Waals surface area contributed by atoms with Crippen molar-refractivity contribution < 1.29 is 4.42 Å². The number of aromatic nitrogens is 4. The number of furan rings is 1. The molecule has 0 radical (unpaired) electrons. The van der Waals surface area contributed by atoms with Gasteiger partial charge in [0.15, 0.2) is 17.5 Å². The van der Waals surface area contributed by atoms with Crippen molar-refractivity contribution in [1.29, 1.82) is 0 Å². The van der Waals surface area contributed by atoms with Crippen LogP contribution in [-0.4, -0.2) is 19.5 Å². The molecule has 11 aromatic rings. The van der Waals surface area contributed by atoms with Gasteiger partial charge in [0, 0.05) is 49.4 Å². The van der Waals surface area contributed by atoms with Crippen molar-refractivity contribution in [3.05, 3.63) is 212 Å². The average Bonchev–Trinajstić information content (AvgIpc) is 3.88. The number of allylic oxidation sites excluding steroid dienone is 4. The highest BCUT2D eigenvalue weighted by atomic mass is 16.3. The number of benzene rings is 8. The summed E-state index contributed by atoms with van der Waals surface area (Å²) < 4.78 is 8.94. The molecular weight excluding hydrogens is 757 g/mol. The largest absolute Gasteiger partial charge is 0.456 e. The summed E-state index contributed by atoms with van der Waals surface area (Å²) in [6, 6.07) is 66.0. The third-order valence-electron chi connectivity index (χ3n) is 12.1. The molecule has 0 saturated carbocycles. The zero-order valence-corrected chi connectivity index (χ0v) is 33.7. The van der Waals surface area contributed by atoms with Gasteiger partial charge in [-0.1, -0.05) is 170 Å². The Morgan fingerprint density at radius 3 is 1.66 bits per heavy atom. The molecule has 1 aliphatic carbocycles. The number of hydrogen-bond donors (Lipinski definition) is 0. The van der Waals surface area contributed by atoms with E-state index in [1.54, 1.807) is 0 Å². The maximum atomic E-state index is 6.46. The predicted octanol–water partition coefficient (Wildman–Crippen LogP) is 14.9. The van der Waals surface area contributed by atoms with Gasteiger partial charge in [-0.15, -0.1) is 0 Å². The summed E-state index contributed by atoms with van der Waals surface area (Å²) in [7, 11) is 0. The van der Waals surface area contributed by atoms with Crippen molar-refractivity contribution in [2.75, 3.05) is 0 Å². The lowest BCUT2D eigenvalue weighted by atomic mass is 9.90. The molecule has 3 aromatic heterocycles. The van der Waals surface area contributed by atoms with E-state index < -0.39 is 0 Å². The second-order valence-electron chi connectivity index (χ2n) is 15.9. The van der Waals surface area contributed by atoms with Crippen LogP contribution in [-0.2, 0) is 0 Å². The van der Waals surface area contributed by atoms with Gasteiger partial charge in [-0.25, -0.2) is 15.0 Å². The zero-order valence-electron chi connectivity index (χ0n) is 33.7. The van der Waals surface area contributed by atoms with Crippen LogP contribution in [0.5, 0.6) is 0 Å². The third-order valence-corrected chi connectivity index (χ3v) is 12.1. The Kier molecular flexibility index (Phi) is 8.56. The first-order valence-electron chi connectivity index (χ1n) is 21.2. The van der Waals surface area contributed by atoms with E-state index in [2.05, 4.69) is 174 Å². The van der Waals surface area contributed by atoms with Crippen LogP contribution >= 0.6 is 0 Å². The van der Waals surface area contributed by atoms with Crippen LogP contribution in [0.2, 0.25) is 0 Å². The zero-order chi connectivity index (χ0) is 41.0. The van der Waals surface area contributed by atoms with Crippen LogP contribution < -0.4 is 0 Å². The van der Waals surface area contributed by atoms with Gasteiger partial charge < -0.3 is 8.98 Å². The summed E-state index contributed by atoms with van der Waals surface area (Å²) in [6.07, 6.45) is 8.90. The first-order valence-corrected chi connectivity index (χ1v) is 21.2. The summed E-state index contributed by atoms with van der Waals surface area (Å²) in [6.45, 7) is 0. The Morgan fingerprint density at radius 2 is 0.952 bits per heavy atom. The molecule has 0 aliphatic heterocycles. The second-order valence-corrected chi connectivity index (χ2v) is 15.9. The average molecular weight is 795 g/mol. The molecule has 12 rings (SSSR count). The molecular formula is C57H38N4O. The Labute approximate surface area is 358 Å². The monoisotopic (exact) mass is 794 g/mol. The van der Waals surface area contributed by atoms with Gasteiger partial charge in [0.05, 0.1) is 16.7 Å². The first-order chi connectivity index (χ1) is 30.7. The van der Waals surface area contributed by atoms with E-state index in [0.717, 1.165) is 95.8 Å². The van der Waals surface area contributed by atoms with Crippen molar-refractivity contribution in [2.24, 2.45) is 0 Å². The van der Waals surface area contributed by atoms with Crippen molar-refractivity contribution in [2.45, 2.75) is 12.8 Å². The SMILES string of the molecule is C1=CC(c2cc(-c3nc(-c4ccccc4)nc(-c4ccc(-c5ccccc5)cc4)n3)cc(-c3ccccc3)c2-n2c3ccccc3c3cc4oc5ccccc5c4cc32)=CCC1. The molecule has 0 unspecified atom stereocenters. The number of hydrogen-bond acceptors (Lipinski definition) is 4. The van der Waals surface area contributed by atoms with E-state index in [1.807, 2.05) is 36.4 Å². The van der Waals surface area contributed by atoms with E-state index in [0.29, 0.717) is 17.5 Å². The summed E-state index contributed by atoms with van der Waals surface area (Å²) in [5, 5.41) is 4.51. The van der Waals surface area contributed by atoms with E-state index >= 15 is 0 Å². The van der Waals surface area contributed by atoms with Crippen LogP contribution in [0.15, 0.2) is 211 Å². The van der Waals surface area contributed by atoms with E-state index in [4.69, 9.17) is 19.4 Å². The van der Waals surface area contributed by atoms with Crippen LogP contribution in [0.1, 0.15) is 18.4 Å². The lowest BCUT2D eigenvalue weighted by molar-refractivity contribution is 0.669. The fourth-order valence-electron chi connectivity index (χ4n) is 9.10. The molecule has 8 aromatic carbocycles. The van der Waals surface area contributed by atoms with Gasteiger partial charge in [0.25, 0.3) is 0 Å². The summed E-state index contributed by atoms with van der Waals surface area (Å²) in [5.74, 6) is 1.86. The Morgan fingerprint density at radius 1 is 0.387 bits per heavy atom. The van der Waals surface area contributed by atoms with Crippen molar-refractivity contribution in [1.82, 2.24) is 19.5 Å². The van der Waals surface area contributed by atoms with Crippen LogP contribution in [0.3, 0.4) is 0 Å². The molecule has 1 aliphatic rings.